The van der Waals surface area contributed by atoms with Gasteiger partial charge in [0.05, 0.1) is 17.5 Å². The van der Waals surface area contributed by atoms with E-state index in [-0.39, 0.29) is 23.7 Å². The quantitative estimate of drug-likeness (QED) is 0.744. The molecule has 2 amide bonds. The van der Waals surface area contributed by atoms with Crippen LogP contribution in [0.25, 0.3) is 0 Å². The Morgan fingerprint density at radius 3 is 2.23 bits per heavy atom. The predicted molar refractivity (Wildman–Crippen MR) is 77.7 cm³/mol. The number of ether oxygens (including phenoxy) is 2. The van der Waals surface area contributed by atoms with Gasteiger partial charge < -0.3 is 9.47 Å². The molecule has 2 aliphatic heterocycles. The number of hydrogen-bond donors (Lipinski definition) is 0. The van der Waals surface area contributed by atoms with Gasteiger partial charge >= 0.3 is 0 Å². The average molecular weight is 299 g/mol. The molecule has 0 N–H and O–H groups in total. The summed E-state index contributed by atoms with van der Waals surface area (Å²) in [5.74, 6) is 1.91. The van der Waals surface area contributed by atoms with E-state index in [0.717, 1.165) is 19.3 Å². The molecule has 4 aliphatic rings. The monoisotopic (exact) mass is 299 g/mol. The van der Waals surface area contributed by atoms with Crippen molar-refractivity contribution in [2.45, 2.75) is 19.3 Å². The summed E-state index contributed by atoms with van der Waals surface area (Å²) in [6.45, 7) is 1.02. The second-order valence-electron chi connectivity index (χ2n) is 6.72. The Balaban J connectivity index is 1.53. The van der Waals surface area contributed by atoms with Gasteiger partial charge in [0.15, 0.2) is 11.5 Å². The lowest BCUT2D eigenvalue weighted by atomic mass is 9.81. The van der Waals surface area contributed by atoms with E-state index in [1.54, 1.807) is 18.2 Å². The molecule has 2 aliphatic carbocycles. The minimum atomic E-state index is -0.0838. The SMILES string of the molecule is O=C1[C@@H]2[C@H]3CC[C@@H](C3)[C@@H]2C(=O)N1c1ccc2c(c1)OCCO2. The third-order valence-corrected chi connectivity index (χ3v) is 5.71. The van der Waals surface area contributed by atoms with Crippen molar-refractivity contribution in [1.82, 2.24) is 0 Å². The molecule has 2 heterocycles. The van der Waals surface area contributed by atoms with Crippen LogP contribution in [0.5, 0.6) is 11.5 Å². The molecule has 2 saturated carbocycles. The molecule has 0 aromatic heterocycles. The first-order valence-electron chi connectivity index (χ1n) is 8.01. The van der Waals surface area contributed by atoms with Crippen molar-refractivity contribution in [3.8, 4) is 11.5 Å². The maximum absolute atomic E-state index is 12.8. The van der Waals surface area contributed by atoms with Gasteiger partial charge in [0.25, 0.3) is 0 Å². The standard InChI is InChI=1S/C17H17NO4/c19-16-14-9-1-2-10(7-9)15(14)17(20)18(16)11-3-4-12-13(8-11)22-6-5-21-12/h3-4,8-10,14-15H,1-2,5-7H2/t9-,10-,14-,15+/m0/s1. The van der Waals surface area contributed by atoms with E-state index in [9.17, 15) is 9.59 Å². The van der Waals surface area contributed by atoms with Crippen LogP contribution in [0, 0.1) is 23.7 Å². The Bertz CT molecular complexity index is 657. The highest BCUT2D eigenvalue weighted by atomic mass is 16.6. The number of fused-ring (bicyclic) bond motifs is 6. The molecule has 22 heavy (non-hydrogen) atoms. The molecule has 2 bridgehead atoms. The Kier molecular flexibility index (Phi) is 2.41. The van der Waals surface area contributed by atoms with Gasteiger partial charge in [-0.1, -0.05) is 0 Å². The molecular weight excluding hydrogens is 282 g/mol. The molecule has 114 valence electrons. The van der Waals surface area contributed by atoms with Crippen molar-refractivity contribution in [2.75, 3.05) is 18.1 Å². The number of amides is 2. The largest absolute Gasteiger partial charge is 0.486 e. The van der Waals surface area contributed by atoms with Crippen LogP contribution in [0.4, 0.5) is 5.69 Å². The average Bonchev–Trinajstić information content (AvgIpc) is 3.21. The van der Waals surface area contributed by atoms with Crippen LogP contribution in [-0.2, 0) is 9.59 Å². The molecular formula is C17H17NO4. The summed E-state index contributed by atoms with van der Waals surface area (Å²) in [4.78, 5) is 27.0. The third-order valence-electron chi connectivity index (χ3n) is 5.71. The summed E-state index contributed by atoms with van der Waals surface area (Å²) in [5.41, 5.74) is 0.619. The zero-order valence-corrected chi connectivity index (χ0v) is 12.2. The van der Waals surface area contributed by atoms with Gasteiger partial charge in [0.2, 0.25) is 11.8 Å². The lowest BCUT2D eigenvalue weighted by Gasteiger charge is -2.22. The summed E-state index contributed by atoms with van der Waals surface area (Å²) < 4.78 is 11.1. The third kappa shape index (κ3) is 1.49. The topological polar surface area (TPSA) is 55.8 Å². The van der Waals surface area contributed by atoms with Gasteiger partial charge in [0.1, 0.15) is 13.2 Å². The molecule has 1 aromatic rings. The van der Waals surface area contributed by atoms with Crippen LogP contribution in [0.1, 0.15) is 19.3 Å². The van der Waals surface area contributed by atoms with Gasteiger partial charge in [-0.05, 0) is 43.2 Å². The van der Waals surface area contributed by atoms with Crippen LogP contribution < -0.4 is 14.4 Å². The van der Waals surface area contributed by atoms with Gasteiger partial charge in [-0.25, -0.2) is 4.90 Å². The zero-order valence-electron chi connectivity index (χ0n) is 12.2. The number of rotatable bonds is 1. The van der Waals surface area contributed by atoms with E-state index in [4.69, 9.17) is 9.47 Å². The molecule has 4 atom stereocenters. The highest BCUT2D eigenvalue weighted by Gasteiger charge is 2.61. The number of imide groups is 1. The fourth-order valence-electron chi connectivity index (χ4n) is 4.83. The van der Waals surface area contributed by atoms with E-state index in [1.165, 1.54) is 4.90 Å². The molecule has 0 spiro atoms. The minimum absolute atomic E-state index is 0.0149. The number of hydrogen-bond acceptors (Lipinski definition) is 4. The number of carbonyl (C=O) groups is 2. The van der Waals surface area contributed by atoms with Gasteiger partial charge in [0, 0.05) is 6.07 Å². The normalized spacial score (nSPS) is 35.2. The van der Waals surface area contributed by atoms with E-state index in [2.05, 4.69) is 0 Å². The second kappa shape index (κ2) is 4.24. The molecule has 1 saturated heterocycles. The van der Waals surface area contributed by atoms with Crippen molar-refractivity contribution in [3.63, 3.8) is 0 Å². The second-order valence-corrected chi connectivity index (χ2v) is 6.72. The molecule has 1 aromatic carbocycles. The van der Waals surface area contributed by atoms with Crippen LogP contribution in [0.3, 0.4) is 0 Å². The maximum atomic E-state index is 12.8. The number of anilines is 1. The van der Waals surface area contributed by atoms with Crippen LogP contribution >= 0.6 is 0 Å². The molecule has 3 fully saturated rings. The van der Waals surface area contributed by atoms with E-state index >= 15 is 0 Å². The van der Waals surface area contributed by atoms with Gasteiger partial charge in [-0.15, -0.1) is 0 Å². The maximum Gasteiger partial charge on any atom is 0.237 e. The fraction of sp³-hybridized carbons (Fsp3) is 0.529. The highest BCUT2D eigenvalue weighted by molar-refractivity contribution is 6.22. The first kappa shape index (κ1) is 12.5. The van der Waals surface area contributed by atoms with Crippen LogP contribution in [0.15, 0.2) is 18.2 Å². The Hall–Kier alpha value is -2.04. The van der Waals surface area contributed by atoms with E-state index < -0.39 is 0 Å². The number of benzene rings is 1. The number of nitrogens with zero attached hydrogens (tertiary/aromatic N) is 1. The van der Waals surface area contributed by atoms with Crippen LogP contribution in [0.2, 0.25) is 0 Å². The smallest absolute Gasteiger partial charge is 0.237 e. The van der Waals surface area contributed by atoms with Crippen molar-refractivity contribution < 1.29 is 19.1 Å². The Labute approximate surface area is 128 Å². The summed E-state index contributed by atoms with van der Waals surface area (Å²) >= 11 is 0. The molecule has 0 unspecified atom stereocenters. The van der Waals surface area contributed by atoms with Gasteiger partial charge in [-0.3, -0.25) is 9.59 Å². The van der Waals surface area contributed by atoms with Crippen LogP contribution in [-0.4, -0.2) is 25.0 Å². The molecule has 5 rings (SSSR count). The zero-order chi connectivity index (χ0) is 14.8. The first-order valence-corrected chi connectivity index (χ1v) is 8.01. The molecule has 5 heteroatoms. The summed E-state index contributed by atoms with van der Waals surface area (Å²) in [5, 5.41) is 0. The van der Waals surface area contributed by atoms with E-state index in [0.29, 0.717) is 42.2 Å². The summed E-state index contributed by atoms with van der Waals surface area (Å²) in [6.07, 6.45) is 3.25. The number of carbonyl (C=O) groups excluding carboxylic acids is 2. The summed E-state index contributed by atoms with van der Waals surface area (Å²) in [6, 6.07) is 5.33. The van der Waals surface area contributed by atoms with Crippen molar-refractivity contribution in [3.05, 3.63) is 18.2 Å². The lowest BCUT2D eigenvalue weighted by molar-refractivity contribution is -0.123. The van der Waals surface area contributed by atoms with Crippen molar-refractivity contribution >= 4 is 17.5 Å². The van der Waals surface area contributed by atoms with Crippen molar-refractivity contribution in [2.24, 2.45) is 23.7 Å². The summed E-state index contributed by atoms with van der Waals surface area (Å²) in [7, 11) is 0. The highest BCUT2D eigenvalue weighted by Crippen LogP contribution is 2.56. The fourth-order valence-corrected chi connectivity index (χ4v) is 4.83. The predicted octanol–water partition coefficient (Wildman–Crippen LogP) is 1.99. The molecule has 5 nitrogen and oxygen atoms in total. The van der Waals surface area contributed by atoms with E-state index in [1.807, 2.05) is 0 Å². The first-order chi connectivity index (χ1) is 10.7. The Morgan fingerprint density at radius 2 is 1.55 bits per heavy atom. The van der Waals surface area contributed by atoms with Gasteiger partial charge in [-0.2, -0.15) is 0 Å². The van der Waals surface area contributed by atoms with Crippen molar-refractivity contribution in [1.29, 1.82) is 0 Å². The molecule has 0 radical (unpaired) electrons. The minimum Gasteiger partial charge on any atom is -0.486 e. The Morgan fingerprint density at radius 1 is 0.909 bits per heavy atom. The lowest BCUT2D eigenvalue weighted by Crippen LogP contribution is -2.32.